The molecule has 0 amide bonds. The zero-order chi connectivity index (χ0) is 20.3. The number of rotatable bonds is 6. The van der Waals surface area contributed by atoms with Gasteiger partial charge in [0.25, 0.3) is 0 Å². The summed E-state index contributed by atoms with van der Waals surface area (Å²) in [4.78, 5) is 24.7. The van der Waals surface area contributed by atoms with E-state index in [1.165, 1.54) is 13.2 Å². The normalized spacial score (nSPS) is 12.2. The Morgan fingerprint density at radius 2 is 1.82 bits per heavy atom. The topological polar surface area (TPSA) is 65.7 Å². The molecule has 1 heterocycles. The van der Waals surface area contributed by atoms with Crippen molar-refractivity contribution in [1.29, 1.82) is 0 Å². The molecule has 3 rings (SSSR count). The average Bonchev–Trinajstić information content (AvgIpc) is 2.66. The maximum absolute atomic E-state index is 12.8. The van der Waals surface area contributed by atoms with Gasteiger partial charge >= 0.3 is 11.6 Å². The zero-order valence-electron chi connectivity index (χ0n) is 15.9. The number of halogens is 1. The highest BCUT2D eigenvalue weighted by atomic mass is 35.5. The van der Waals surface area contributed by atoms with Gasteiger partial charge < -0.3 is 13.9 Å². The molecule has 1 atom stereocenters. The molecule has 3 aromatic rings. The van der Waals surface area contributed by atoms with Crippen LogP contribution in [0.25, 0.3) is 11.0 Å². The van der Waals surface area contributed by atoms with Crippen molar-refractivity contribution in [3.63, 3.8) is 0 Å². The van der Waals surface area contributed by atoms with Crippen molar-refractivity contribution in [3.8, 4) is 5.75 Å². The molecule has 146 valence electrons. The van der Waals surface area contributed by atoms with Crippen LogP contribution in [-0.4, -0.2) is 13.1 Å². The third-order valence-electron chi connectivity index (χ3n) is 4.56. The average molecular weight is 401 g/mol. The van der Waals surface area contributed by atoms with Gasteiger partial charge in [-0.3, -0.25) is 4.79 Å². The fraction of sp³-hybridized carbons (Fsp3) is 0.273. The van der Waals surface area contributed by atoms with Gasteiger partial charge in [0.1, 0.15) is 17.9 Å². The predicted octanol–water partition coefficient (Wildman–Crippen LogP) is 4.94. The predicted molar refractivity (Wildman–Crippen MR) is 108 cm³/mol. The molecule has 28 heavy (non-hydrogen) atoms. The van der Waals surface area contributed by atoms with Crippen LogP contribution in [0, 0.1) is 5.92 Å². The molecule has 0 aliphatic rings. The Morgan fingerprint density at radius 1 is 1.11 bits per heavy atom. The van der Waals surface area contributed by atoms with Gasteiger partial charge in [-0.15, -0.1) is 0 Å². The molecule has 6 heteroatoms. The summed E-state index contributed by atoms with van der Waals surface area (Å²) in [6, 6.07) is 13.7. The second-order valence-electron chi connectivity index (χ2n) is 6.83. The molecule has 0 aliphatic heterocycles. The summed E-state index contributed by atoms with van der Waals surface area (Å²) in [7, 11) is 1.54. The van der Waals surface area contributed by atoms with Crippen molar-refractivity contribution in [1.82, 2.24) is 0 Å². The third kappa shape index (κ3) is 4.37. The van der Waals surface area contributed by atoms with Crippen molar-refractivity contribution in [3.05, 3.63) is 75.1 Å². The highest BCUT2D eigenvalue weighted by Gasteiger charge is 2.26. The van der Waals surface area contributed by atoms with Crippen molar-refractivity contribution in [2.75, 3.05) is 7.11 Å². The van der Waals surface area contributed by atoms with Crippen LogP contribution >= 0.6 is 11.6 Å². The molecular formula is C22H21ClO5. The van der Waals surface area contributed by atoms with Gasteiger partial charge in [-0.25, -0.2) is 4.79 Å². The van der Waals surface area contributed by atoms with Crippen molar-refractivity contribution in [2.24, 2.45) is 5.92 Å². The zero-order valence-corrected chi connectivity index (χ0v) is 16.7. The van der Waals surface area contributed by atoms with Crippen LogP contribution in [0.4, 0.5) is 0 Å². The molecule has 0 fully saturated rings. The van der Waals surface area contributed by atoms with E-state index in [4.69, 9.17) is 25.5 Å². The monoisotopic (exact) mass is 400 g/mol. The molecule has 2 aromatic carbocycles. The summed E-state index contributed by atoms with van der Waals surface area (Å²) >= 11 is 5.95. The first-order chi connectivity index (χ1) is 13.4. The molecule has 5 nitrogen and oxygen atoms in total. The minimum atomic E-state index is -0.509. The van der Waals surface area contributed by atoms with Crippen LogP contribution in [0.15, 0.2) is 57.7 Å². The lowest BCUT2D eigenvalue weighted by atomic mass is 9.88. The van der Waals surface area contributed by atoms with Gasteiger partial charge in [0.15, 0.2) is 0 Å². The number of carbonyl (C=O) groups is 1. The number of carbonyl (C=O) groups excluding carboxylic acids is 1. The molecule has 0 unspecified atom stereocenters. The van der Waals surface area contributed by atoms with E-state index >= 15 is 0 Å². The number of ether oxygens (including phenoxy) is 2. The lowest BCUT2D eigenvalue weighted by Gasteiger charge is -2.20. The van der Waals surface area contributed by atoms with E-state index in [-0.39, 0.29) is 18.5 Å². The van der Waals surface area contributed by atoms with Crippen LogP contribution in [0.3, 0.4) is 0 Å². The second kappa shape index (κ2) is 8.48. The number of hydrogen-bond acceptors (Lipinski definition) is 5. The molecule has 0 N–H and O–H groups in total. The lowest BCUT2D eigenvalue weighted by molar-refractivity contribution is -0.147. The molecule has 0 radical (unpaired) electrons. The summed E-state index contributed by atoms with van der Waals surface area (Å²) in [5.41, 5.74) is 1.30. The highest BCUT2D eigenvalue weighted by molar-refractivity contribution is 6.30. The van der Waals surface area contributed by atoms with E-state index in [9.17, 15) is 9.59 Å². The fourth-order valence-electron chi connectivity index (χ4n) is 3.16. The highest BCUT2D eigenvalue weighted by Crippen LogP contribution is 2.28. The SMILES string of the molecule is COc1ccc2c(COC(=O)[C@H](c3ccc(Cl)cc3)C(C)C)cc(=O)oc2c1. The van der Waals surface area contributed by atoms with Crippen LogP contribution in [0.2, 0.25) is 5.02 Å². The van der Waals surface area contributed by atoms with Gasteiger partial charge in [-0.05, 0) is 35.7 Å². The smallest absolute Gasteiger partial charge is 0.336 e. The first-order valence-electron chi connectivity index (χ1n) is 8.92. The standard InChI is InChI=1S/C22H21ClO5/c1-13(2)21(14-4-6-16(23)7-5-14)22(25)27-12-15-10-20(24)28-19-11-17(26-3)8-9-18(15)19/h4-11,13,21H,12H2,1-3H3/t21-/m0/s1. The van der Waals surface area contributed by atoms with Crippen molar-refractivity contribution < 1.29 is 18.7 Å². The van der Waals surface area contributed by atoms with E-state index in [1.807, 2.05) is 26.0 Å². The Labute approximate surface area is 167 Å². The summed E-state index contributed by atoms with van der Waals surface area (Å²) in [5, 5.41) is 1.30. The van der Waals surface area contributed by atoms with E-state index in [0.29, 0.717) is 27.3 Å². The Morgan fingerprint density at radius 3 is 2.46 bits per heavy atom. The molecule has 0 saturated carbocycles. The number of benzene rings is 2. The van der Waals surface area contributed by atoms with E-state index < -0.39 is 11.5 Å². The Kier molecular flexibility index (Phi) is 6.05. The van der Waals surface area contributed by atoms with Crippen LogP contribution in [-0.2, 0) is 16.1 Å². The van der Waals surface area contributed by atoms with Gasteiger partial charge in [-0.2, -0.15) is 0 Å². The molecule has 1 aromatic heterocycles. The van der Waals surface area contributed by atoms with Crippen LogP contribution < -0.4 is 10.4 Å². The number of esters is 1. The second-order valence-corrected chi connectivity index (χ2v) is 7.27. The lowest BCUT2D eigenvalue weighted by Crippen LogP contribution is -2.21. The minimum Gasteiger partial charge on any atom is -0.497 e. The molecular weight excluding hydrogens is 380 g/mol. The largest absolute Gasteiger partial charge is 0.497 e. The van der Waals surface area contributed by atoms with Crippen molar-refractivity contribution in [2.45, 2.75) is 26.4 Å². The van der Waals surface area contributed by atoms with Crippen molar-refractivity contribution >= 4 is 28.5 Å². The van der Waals surface area contributed by atoms with E-state index in [1.54, 1.807) is 30.3 Å². The number of methoxy groups -OCH3 is 1. The summed E-state index contributed by atoms with van der Waals surface area (Å²) in [5.74, 6) is -0.168. The molecule has 0 aliphatic carbocycles. The van der Waals surface area contributed by atoms with Crippen LogP contribution in [0.5, 0.6) is 5.75 Å². The van der Waals surface area contributed by atoms with E-state index in [0.717, 1.165) is 5.56 Å². The maximum Gasteiger partial charge on any atom is 0.336 e. The van der Waals surface area contributed by atoms with Crippen LogP contribution in [0.1, 0.15) is 30.9 Å². The number of fused-ring (bicyclic) bond motifs is 1. The van der Waals surface area contributed by atoms with Gasteiger partial charge in [0.05, 0.1) is 13.0 Å². The Hall–Kier alpha value is -2.79. The fourth-order valence-corrected chi connectivity index (χ4v) is 3.28. The summed E-state index contributed by atoms with van der Waals surface area (Å²) in [6.45, 7) is 3.89. The Balaban J connectivity index is 1.85. The molecule has 0 bridgehead atoms. The molecule has 0 saturated heterocycles. The van der Waals surface area contributed by atoms with Gasteiger partial charge in [-0.1, -0.05) is 37.6 Å². The minimum absolute atomic E-state index is 0.0237. The Bertz CT molecular complexity index is 1040. The molecule has 0 spiro atoms. The summed E-state index contributed by atoms with van der Waals surface area (Å²) in [6.07, 6.45) is 0. The summed E-state index contributed by atoms with van der Waals surface area (Å²) < 4.78 is 16.0. The van der Waals surface area contributed by atoms with Gasteiger partial charge in [0.2, 0.25) is 0 Å². The third-order valence-corrected chi connectivity index (χ3v) is 4.81. The first-order valence-corrected chi connectivity index (χ1v) is 9.29. The first kappa shape index (κ1) is 20.0. The maximum atomic E-state index is 12.8. The van der Waals surface area contributed by atoms with E-state index in [2.05, 4.69) is 0 Å². The number of hydrogen-bond donors (Lipinski definition) is 0. The van der Waals surface area contributed by atoms with Gasteiger partial charge in [0, 0.05) is 28.1 Å². The quantitative estimate of drug-likeness (QED) is 0.433.